The van der Waals surface area contributed by atoms with Crippen LogP contribution < -0.4 is 10.3 Å². The third-order valence-electron chi connectivity index (χ3n) is 1.81. The second-order valence-electron chi connectivity index (χ2n) is 3.10. The fourth-order valence-electron chi connectivity index (χ4n) is 1.05. The van der Waals surface area contributed by atoms with Crippen molar-refractivity contribution in [1.29, 1.82) is 0 Å². The number of nitrogens with one attached hydrogen (secondary N) is 2. The molecule has 0 aliphatic heterocycles. The highest BCUT2D eigenvalue weighted by Gasteiger charge is 2.19. The maximum Gasteiger partial charge on any atom is 0.272 e. The zero-order chi connectivity index (χ0) is 13.3. The zero-order valence-electron chi connectivity index (χ0n) is 8.48. The van der Waals surface area contributed by atoms with Gasteiger partial charge in [-0.2, -0.15) is 5.10 Å². The fraction of sp³-hybridized carbons (Fsp3) is 0. The van der Waals surface area contributed by atoms with Crippen LogP contribution in [0, 0.1) is 0 Å². The minimum Gasteiger partial charge on any atom is -0.268 e. The quantitative estimate of drug-likeness (QED) is 0.865. The van der Waals surface area contributed by atoms with Crippen LogP contribution in [0.25, 0.3) is 0 Å². The highest BCUT2D eigenvalue weighted by atomic mass is 79.9. The summed E-state index contributed by atoms with van der Waals surface area (Å²) >= 11 is 9.88. The summed E-state index contributed by atoms with van der Waals surface area (Å²) in [6, 6.07) is 3.76. The second-order valence-corrected chi connectivity index (χ2v) is 7.79. The molecule has 2 aromatic heterocycles. The Bertz CT molecular complexity index is 700. The van der Waals surface area contributed by atoms with Crippen LogP contribution in [0.1, 0.15) is 0 Å². The molecule has 6 nitrogen and oxygen atoms in total. The van der Waals surface area contributed by atoms with Crippen LogP contribution >= 0.6 is 38.9 Å². The van der Waals surface area contributed by atoms with Crippen molar-refractivity contribution in [2.75, 3.05) is 4.72 Å². The molecular formula is C8H5BrClN3O3S2. The lowest BCUT2D eigenvalue weighted by Crippen LogP contribution is -2.15. The standard InChI is InChI=1S/C8H5BrClN3O3S2/c9-8-4(10)3-7(17-8)18(15,16)13-5-1-2-6(14)12-11-5/h1-3H,(H,11,13)(H,12,14). The third-order valence-corrected chi connectivity index (χ3v) is 6.11. The molecule has 0 aliphatic rings. The van der Waals surface area contributed by atoms with Crippen molar-refractivity contribution in [3.05, 3.63) is 37.4 Å². The van der Waals surface area contributed by atoms with E-state index in [9.17, 15) is 13.2 Å². The number of hydrogen-bond donors (Lipinski definition) is 2. The molecule has 0 spiro atoms. The van der Waals surface area contributed by atoms with E-state index in [2.05, 4.69) is 30.8 Å². The Morgan fingerprint density at radius 1 is 1.44 bits per heavy atom. The average Bonchev–Trinajstić information content (AvgIpc) is 2.63. The lowest BCUT2D eigenvalue weighted by atomic mass is 10.5. The maximum absolute atomic E-state index is 11.9. The molecule has 0 unspecified atom stereocenters. The first-order valence-electron chi connectivity index (χ1n) is 4.42. The van der Waals surface area contributed by atoms with Crippen molar-refractivity contribution < 1.29 is 8.42 Å². The first-order chi connectivity index (χ1) is 8.38. The molecule has 2 aromatic rings. The van der Waals surface area contributed by atoms with Crippen LogP contribution in [0.5, 0.6) is 0 Å². The van der Waals surface area contributed by atoms with Gasteiger partial charge in [-0.1, -0.05) is 11.6 Å². The molecule has 2 N–H and O–H groups in total. The smallest absolute Gasteiger partial charge is 0.268 e. The molecule has 2 rings (SSSR count). The van der Waals surface area contributed by atoms with Gasteiger partial charge in [0, 0.05) is 6.07 Å². The summed E-state index contributed by atoms with van der Waals surface area (Å²) in [5, 5.41) is 5.99. The van der Waals surface area contributed by atoms with Crippen molar-refractivity contribution in [2.45, 2.75) is 4.21 Å². The molecule has 0 aromatic carbocycles. The summed E-state index contributed by atoms with van der Waals surface area (Å²) in [6.45, 7) is 0. The SMILES string of the molecule is O=c1ccc(NS(=O)(=O)c2cc(Cl)c(Br)s2)n[nH]1. The van der Waals surface area contributed by atoms with Gasteiger partial charge >= 0.3 is 0 Å². The Balaban J connectivity index is 2.32. The van der Waals surface area contributed by atoms with Gasteiger partial charge in [0.05, 0.1) is 8.81 Å². The van der Waals surface area contributed by atoms with E-state index in [1.165, 1.54) is 18.2 Å². The number of thiophene rings is 1. The molecule has 0 fully saturated rings. The summed E-state index contributed by atoms with van der Waals surface area (Å²) in [5.41, 5.74) is -0.417. The first-order valence-corrected chi connectivity index (χ1v) is 7.89. The van der Waals surface area contributed by atoms with E-state index in [4.69, 9.17) is 11.6 Å². The van der Waals surface area contributed by atoms with Gasteiger partial charge in [0.15, 0.2) is 5.82 Å². The van der Waals surface area contributed by atoms with Crippen molar-refractivity contribution >= 4 is 54.7 Å². The molecule has 0 atom stereocenters. The predicted octanol–water partition coefficient (Wildman–Crippen LogP) is 2.05. The van der Waals surface area contributed by atoms with Crippen molar-refractivity contribution in [1.82, 2.24) is 10.2 Å². The Kier molecular flexibility index (Phi) is 3.76. The number of aromatic amines is 1. The highest BCUT2D eigenvalue weighted by Crippen LogP contribution is 2.35. The van der Waals surface area contributed by atoms with Gasteiger partial charge in [-0.25, -0.2) is 13.5 Å². The molecule has 0 amide bonds. The summed E-state index contributed by atoms with van der Waals surface area (Å²) in [7, 11) is -3.76. The molecule has 96 valence electrons. The van der Waals surface area contributed by atoms with Crippen molar-refractivity contribution in [3.8, 4) is 0 Å². The fourth-order valence-corrected chi connectivity index (χ4v) is 4.45. The number of sulfonamides is 1. The van der Waals surface area contributed by atoms with Gasteiger partial charge in [0.1, 0.15) is 4.21 Å². The summed E-state index contributed by atoms with van der Waals surface area (Å²) in [6.07, 6.45) is 0. The summed E-state index contributed by atoms with van der Waals surface area (Å²) < 4.78 is 26.7. The molecule has 10 heteroatoms. The minimum atomic E-state index is -3.76. The molecule has 0 aliphatic carbocycles. The van der Waals surface area contributed by atoms with Crippen LogP contribution in [0.2, 0.25) is 5.02 Å². The van der Waals surface area contributed by atoms with Crippen molar-refractivity contribution in [2.24, 2.45) is 0 Å². The number of nitrogens with zero attached hydrogens (tertiary/aromatic N) is 1. The normalized spacial score (nSPS) is 11.4. The lowest BCUT2D eigenvalue weighted by Gasteiger charge is -2.03. The molecule has 2 heterocycles. The van der Waals surface area contributed by atoms with E-state index in [1.54, 1.807) is 0 Å². The van der Waals surface area contributed by atoms with E-state index in [0.717, 1.165) is 11.3 Å². The summed E-state index contributed by atoms with van der Waals surface area (Å²) in [4.78, 5) is 10.8. The van der Waals surface area contributed by atoms with Gasteiger partial charge in [-0.15, -0.1) is 11.3 Å². The average molecular weight is 371 g/mol. The van der Waals surface area contributed by atoms with Gasteiger partial charge in [-0.3, -0.25) is 9.52 Å². The maximum atomic E-state index is 11.9. The van der Waals surface area contributed by atoms with Gasteiger partial charge in [-0.05, 0) is 28.1 Å². The van der Waals surface area contributed by atoms with Gasteiger partial charge < -0.3 is 0 Å². The van der Waals surface area contributed by atoms with E-state index < -0.39 is 15.6 Å². The lowest BCUT2D eigenvalue weighted by molar-refractivity contribution is 0.603. The number of rotatable bonds is 3. The Morgan fingerprint density at radius 3 is 2.67 bits per heavy atom. The van der Waals surface area contributed by atoms with E-state index in [1.807, 2.05) is 0 Å². The number of aromatic nitrogens is 2. The van der Waals surface area contributed by atoms with E-state index in [0.29, 0.717) is 8.81 Å². The van der Waals surface area contributed by atoms with Crippen LogP contribution in [0.3, 0.4) is 0 Å². The van der Waals surface area contributed by atoms with Gasteiger partial charge in [0.25, 0.3) is 15.6 Å². The second kappa shape index (κ2) is 5.00. The first kappa shape index (κ1) is 13.5. The van der Waals surface area contributed by atoms with E-state index >= 15 is 0 Å². The molecule has 18 heavy (non-hydrogen) atoms. The number of halogens is 2. The Morgan fingerprint density at radius 2 is 2.17 bits per heavy atom. The van der Waals surface area contributed by atoms with Crippen LogP contribution in [0.15, 0.2) is 31.0 Å². The zero-order valence-corrected chi connectivity index (χ0v) is 12.5. The Hall–Kier alpha value is -0.900. The molecule has 0 saturated carbocycles. The van der Waals surface area contributed by atoms with E-state index in [-0.39, 0.29) is 10.0 Å². The minimum absolute atomic E-state index is 0.0234. The monoisotopic (exact) mass is 369 g/mol. The third kappa shape index (κ3) is 2.91. The van der Waals surface area contributed by atoms with Crippen LogP contribution in [-0.4, -0.2) is 18.6 Å². The summed E-state index contributed by atoms with van der Waals surface area (Å²) in [5.74, 6) is 0.0234. The molecule has 0 radical (unpaired) electrons. The number of anilines is 1. The van der Waals surface area contributed by atoms with Crippen molar-refractivity contribution in [3.63, 3.8) is 0 Å². The largest absolute Gasteiger partial charge is 0.272 e. The highest BCUT2D eigenvalue weighted by molar-refractivity contribution is 9.11. The molecule has 0 saturated heterocycles. The molecular weight excluding hydrogens is 366 g/mol. The number of hydrogen-bond acceptors (Lipinski definition) is 5. The predicted molar refractivity (Wildman–Crippen MR) is 72.7 cm³/mol. The topological polar surface area (TPSA) is 91.9 Å². The van der Waals surface area contributed by atoms with Crippen LogP contribution in [0.4, 0.5) is 5.82 Å². The van der Waals surface area contributed by atoms with Gasteiger partial charge in [0.2, 0.25) is 0 Å². The van der Waals surface area contributed by atoms with Crippen LogP contribution in [-0.2, 0) is 10.0 Å². The molecule has 0 bridgehead atoms. The number of H-pyrrole nitrogens is 1. The Labute approximate surface area is 119 Å².